The molecular formula is C13H12Cl2N2O3S. The predicted molar refractivity (Wildman–Crippen MR) is 80.9 cm³/mol. The van der Waals surface area contributed by atoms with Crippen molar-refractivity contribution < 1.29 is 8.42 Å². The number of rotatable bonds is 3. The molecule has 0 unspecified atom stereocenters. The smallest absolute Gasteiger partial charge is 0.267 e. The van der Waals surface area contributed by atoms with Gasteiger partial charge >= 0.3 is 0 Å². The van der Waals surface area contributed by atoms with Gasteiger partial charge in [0.05, 0.1) is 10.0 Å². The molecule has 0 aliphatic rings. The summed E-state index contributed by atoms with van der Waals surface area (Å²) in [5.74, 6) is -0.146. The number of sulfone groups is 1. The van der Waals surface area contributed by atoms with Crippen LogP contribution in [-0.2, 0) is 9.84 Å². The quantitative estimate of drug-likeness (QED) is 0.926. The zero-order chi connectivity index (χ0) is 15.8. The largest absolute Gasteiger partial charge is 0.268 e. The van der Waals surface area contributed by atoms with Crippen molar-refractivity contribution in [3.05, 3.63) is 50.2 Å². The van der Waals surface area contributed by atoms with Gasteiger partial charge in [-0.1, -0.05) is 43.1 Å². The molecule has 2 aromatic rings. The van der Waals surface area contributed by atoms with Gasteiger partial charge in [-0.25, -0.2) is 13.5 Å². The van der Waals surface area contributed by atoms with E-state index in [1.807, 2.05) is 0 Å². The summed E-state index contributed by atoms with van der Waals surface area (Å²) in [5.41, 5.74) is -0.0963. The first-order chi connectivity index (χ1) is 9.75. The molecule has 0 aliphatic heterocycles. The van der Waals surface area contributed by atoms with E-state index in [4.69, 9.17) is 23.2 Å². The van der Waals surface area contributed by atoms with Gasteiger partial charge in [-0.15, -0.1) is 0 Å². The van der Waals surface area contributed by atoms with Crippen LogP contribution in [0.4, 0.5) is 0 Å². The first kappa shape index (κ1) is 16.0. The van der Waals surface area contributed by atoms with Crippen LogP contribution in [0.1, 0.15) is 25.3 Å². The van der Waals surface area contributed by atoms with E-state index in [0.29, 0.717) is 5.56 Å². The summed E-state index contributed by atoms with van der Waals surface area (Å²) in [5, 5.41) is 5.51. The average Bonchev–Trinajstić information content (AvgIpc) is 2.38. The molecule has 2 rings (SSSR count). The molecule has 0 saturated heterocycles. The van der Waals surface area contributed by atoms with Gasteiger partial charge < -0.3 is 0 Å². The molecular weight excluding hydrogens is 335 g/mol. The minimum atomic E-state index is -4.02. The van der Waals surface area contributed by atoms with E-state index < -0.39 is 15.4 Å². The minimum Gasteiger partial charge on any atom is -0.268 e. The summed E-state index contributed by atoms with van der Waals surface area (Å²) < 4.78 is 25.2. The van der Waals surface area contributed by atoms with E-state index in [0.717, 1.165) is 0 Å². The summed E-state index contributed by atoms with van der Waals surface area (Å²) in [6.45, 7) is 3.56. The second kappa shape index (κ2) is 5.79. The Hall–Kier alpha value is -1.37. The fourth-order valence-corrected chi connectivity index (χ4v) is 4.13. The molecule has 0 bridgehead atoms. The highest BCUT2D eigenvalue weighted by atomic mass is 35.5. The lowest BCUT2D eigenvalue weighted by molar-refractivity contribution is 0.588. The topological polar surface area (TPSA) is 79.9 Å². The maximum atomic E-state index is 12.6. The van der Waals surface area contributed by atoms with Crippen molar-refractivity contribution in [2.75, 3.05) is 0 Å². The van der Waals surface area contributed by atoms with Crippen molar-refractivity contribution >= 4 is 33.0 Å². The SMILES string of the molecule is CC(C)c1cc(S(=O)(=O)c2c(Cl)cccc2Cl)n[nH]c1=O. The number of aromatic amines is 1. The number of hydrogen-bond acceptors (Lipinski definition) is 4. The van der Waals surface area contributed by atoms with Crippen molar-refractivity contribution in [3.8, 4) is 0 Å². The Morgan fingerprint density at radius 2 is 1.76 bits per heavy atom. The standard InChI is InChI=1S/C13H12Cl2N2O3S/c1-7(2)8-6-11(16-17-13(8)18)21(19,20)12-9(14)4-3-5-10(12)15/h3-7H,1-2H3,(H,17,18). The maximum Gasteiger partial charge on any atom is 0.267 e. The Balaban J connectivity index is 2.71. The maximum absolute atomic E-state index is 12.6. The molecule has 0 fully saturated rings. The Kier molecular flexibility index (Phi) is 4.41. The van der Waals surface area contributed by atoms with Crippen molar-refractivity contribution in [2.24, 2.45) is 0 Å². The highest BCUT2D eigenvalue weighted by molar-refractivity contribution is 7.91. The lowest BCUT2D eigenvalue weighted by Crippen LogP contribution is -2.19. The molecule has 21 heavy (non-hydrogen) atoms. The van der Waals surface area contributed by atoms with Gasteiger partial charge in [0, 0.05) is 5.56 Å². The molecule has 0 saturated carbocycles. The van der Waals surface area contributed by atoms with Crippen molar-refractivity contribution in [1.82, 2.24) is 10.2 Å². The van der Waals surface area contributed by atoms with Crippen molar-refractivity contribution in [1.29, 1.82) is 0 Å². The summed E-state index contributed by atoms with van der Waals surface area (Å²) in [4.78, 5) is 11.4. The Morgan fingerprint density at radius 3 is 2.29 bits per heavy atom. The average molecular weight is 347 g/mol. The number of H-pyrrole nitrogens is 1. The monoisotopic (exact) mass is 346 g/mol. The molecule has 1 aromatic carbocycles. The van der Waals surface area contributed by atoms with Crippen molar-refractivity contribution in [3.63, 3.8) is 0 Å². The van der Waals surface area contributed by atoms with Crippen LogP contribution in [0.3, 0.4) is 0 Å². The molecule has 1 N–H and O–H groups in total. The third kappa shape index (κ3) is 2.97. The molecule has 0 amide bonds. The Labute approximate surface area is 131 Å². The number of nitrogens with zero attached hydrogens (tertiary/aromatic N) is 1. The van der Waals surface area contributed by atoms with Crippen LogP contribution >= 0.6 is 23.2 Å². The lowest BCUT2D eigenvalue weighted by atomic mass is 10.1. The molecule has 0 atom stereocenters. The van der Waals surface area contributed by atoms with Gasteiger partial charge in [-0.05, 0) is 24.1 Å². The van der Waals surface area contributed by atoms with E-state index in [-0.39, 0.29) is 25.9 Å². The van der Waals surface area contributed by atoms with Crippen LogP contribution in [0.5, 0.6) is 0 Å². The lowest BCUT2D eigenvalue weighted by Gasteiger charge is -2.09. The summed E-state index contributed by atoms with van der Waals surface area (Å²) >= 11 is 11.9. The fraction of sp³-hybridized carbons (Fsp3) is 0.231. The predicted octanol–water partition coefficient (Wildman–Crippen LogP) is 3.03. The van der Waals surface area contributed by atoms with Crippen molar-refractivity contribution in [2.45, 2.75) is 29.7 Å². The molecule has 0 aliphatic carbocycles. The minimum absolute atomic E-state index is 0.00148. The van der Waals surface area contributed by atoms with E-state index in [9.17, 15) is 13.2 Å². The van der Waals surface area contributed by atoms with E-state index in [2.05, 4.69) is 10.2 Å². The van der Waals surface area contributed by atoms with Crippen LogP contribution in [0.25, 0.3) is 0 Å². The first-order valence-corrected chi connectivity index (χ1v) is 8.27. The van der Waals surface area contributed by atoms with Gasteiger partial charge in [-0.2, -0.15) is 5.10 Å². The fourth-order valence-electron chi connectivity index (χ4n) is 1.81. The van der Waals surface area contributed by atoms with Crippen LogP contribution in [0.15, 0.2) is 39.0 Å². The highest BCUT2D eigenvalue weighted by Gasteiger charge is 2.26. The second-order valence-electron chi connectivity index (χ2n) is 4.70. The summed E-state index contributed by atoms with van der Waals surface area (Å²) in [7, 11) is -4.02. The number of nitrogens with one attached hydrogen (secondary N) is 1. The summed E-state index contributed by atoms with van der Waals surface area (Å²) in [6, 6.07) is 5.65. The molecule has 0 spiro atoms. The molecule has 8 heteroatoms. The van der Waals surface area contributed by atoms with Gasteiger partial charge in [0.25, 0.3) is 5.56 Å². The molecule has 1 heterocycles. The van der Waals surface area contributed by atoms with Gasteiger partial charge in [0.1, 0.15) is 4.90 Å². The van der Waals surface area contributed by atoms with Crippen LogP contribution < -0.4 is 5.56 Å². The van der Waals surface area contributed by atoms with Crippen LogP contribution in [0, 0.1) is 0 Å². The van der Waals surface area contributed by atoms with Crippen LogP contribution in [0.2, 0.25) is 10.0 Å². The van der Waals surface area contributed by atoms with Gasteiger partial charge in [0.15, 0.2) is 5.03 Å². The Bertz CT molecular complexity index is 824. The molecule has 1 aromatic heterocycles. The zero-order valence-corrected chi connectivity index (χ0v) is 13.6. The molecule has 112 valence electrons. The number of aromatic nitrogens is 2. The second-order valence-corrected chi connectivity index (χ2v) is 7.35. The van der Waals surface area contributed by atoms with Crippen LogP contribution in [-0.4, -0.2) is 18.6 Å². The van der Waals surface area contributed by atoms with Gasteiger partial charge in [-0.3, -0.25) is 4.79 Å². The Morgan fingerprint density at radius 1 is 1.19 bits per heavy atom. The number of hydrogen-bond donors (Lipinski definition) is 1. The zero-order valence-electron chi connectivity index (χ0n) is 11.2. The normalized spacial score (nSPS) is 11.9. The van der Waals surface area contributed by atoms with E-state index >= 15 is 0 Å². The van der Waals surface area contributed by atoms with Gasteiger partial charge in [0.2, 0.25) is 9.84 Å². The third-order valence-electron chi connectivity index (χ3n) is 2.89. The van der Waals surface area contributed by atoms with E-state index in [1.165, 1.54) is 18.2 Å². The highest BCUT2D eigenvalue weighted by Crippen LogP contribution is 2.32. The molecule has 0 radical (unpaired) electrons. The number of benzene rings is 1. The van der Waals surface area contributed by atoms with E-state index in [1.54, 1.807) is 19.9 Å². The molecule has 5 nitrogen and oxygen atoms in total. The first-order valence-electron chi connectivity index (χ1n) is 6.04. The number of halogens is 2. The summed E-state index contributed by atoms with van der Waals surface area (Å²) in [6.07, 6.45) is 0. The third-order valence-corrected chi connectivity index (χ3v) is 5.48.